The molecule has 0 saturated heterocycles. The van der Waals surface area contributed by atoms with Crippen LogP contribution in [0.5, 0.6) is 0 Å². The average Bonchev–Trinajstić information content (AvgIpc) is 2.94. The summed E-state index contributed by atoms with van der Waals surface area (Å²) in [6.07, 6.45) is 1.24. The summed E-state index contributed by atoms with van der Waals surface area (Å²) in [6, 6.07) is 7.15. The third kappa shape index (κ3) is 3.72. The van der Waals surface area contributed by atoms with E-state index in [1.807, 2.05) is 19.1 Å². The Labute approximate surface area is 125 Å². The van der Waals surface area contributed by atoms with Crippen molar-refractivity contribution >= 4 is 17.6 Å². The van der Waals surface area contributed by atoms with Crippen molar-refractivity contribution in [3.8, 4) is 0 Å². The fraction of sp³-hybridized carbons (Fsp3) is 0.231. The molecule has 0 saturated carbocycles. The number of aryl methyl sites for hydroxylation is 1. The maximum atomic E-state index is 12.0. The second-order valence-electron chi connectivity index (χ2n) is 4.60. The molecule has 0 aliphatic carbocycles. The monoisotopic (exact) mass is 302 g/mol. The van der Waals surface area contributed by atoms with E-state index in [4.69, 9.17) is 0 Å². The first-order valence-electron chi connectivity index (χ1n) is 6.40. The highest BCUT2D eigenvalue weighted by molar-refractivity contribution is 5.96. The number of nitrogens with one attached hydrogen (secondary N) is 1. The third-order valence-corrected chi connectivity index (χ3v) is 2.82. The predicted molar refractivity (Wildman–Crippen MR) is 78.4 cm³/mol. The molecule has 0 unspecified atom stereocenters. The summed E-state index contributed by atoms with van der Waals surface area (Å²) in [4.78, 5) is 25.3. The van der Waals surface area contributed by atoms with Crippen molar-refractivity contribution < 1.29 is 9.72 Å². The van der Waals surface area contributed by atoms with E-state index in [0.717, 1.165) is 5.56 Å². The van der Waals surface area contributed by atoms with E-state index in [-0.39, 0.29) is 12.5 Å². The Hall–Kier alpha value is -3.10. The zero-order valence-electron chi connectivity index (χ0n) is 12.1. The largest absolute Gasteiger partial charge is 0.490 e. The Morgan fingerprint density at radius 3 is 2.82 bits per heavy atom. The van der Waals surface area contributed by atoms with Crippen LogP contribution < -0.4 is 5.43 Å². The number of hydrogen-bond donors (Lipinski definition) is 1. The van der Waals surface area contributed by atoms with Gasteiger partial charge in [0.2, 0.25) is 6.33 Å². The second-order valence-corrected chi connectivity index (χ2v) is 4.60. The van der Waals surface area contributed by atoms with Gasteiger partial charge >= 0.3 is 5.95 Å². The van der Waals surface area contributed by atoms with Gasteiger partial charge in [-0.2, -0.15) is 9.78 Å². The predicted octanol–water partition coefficient (Wildman–Crippen LogP) is 1.30. The lowest BCUT2D eigenvalue weighted by Gasteiger charge is -2.04. The zero-order valence-corrected chi connectivity index (χ0v) is 12.1. The van der Waals surface area contributed by atoms with Gasteiger partial charge in [0.1, 0.15) is 0 Å². The first kappa shape index (κ1) is 15.3. The molecule has 1 heterocycles. The highest BCUT2D eigenvalue weighted by Gasteiger charge is 2.13. The van der Waals surface area contributed by atoms with Crippen molar-refractivity contribution in [3.63, 3.8) is 0 Å². The van der Waals surface area contributed by atoms with Crippen LogP contribution in [0.15, 0.2) is 35.7 Å². The average molecular weight is 302 g/mol. The van der Waals surface area contributed by atoms with Crippen LogP contribution in [-0.2, 0) is 6.54 Å². The zero-order chi connectivity index (χ0) is 16.1. The molecular weight excluding hydrogens is 288 g/mol. The SMILES string of the molecule is CC(Cn1cnc([N+](=O)[O-])n1)=NNC(=O)c1ccccc1C. The van der Waals surface area contributed by atoms with Crippen molar-refractivity contribution in [1.29, 1.82) is 0 Å². The Balaban J connectivity index is 1.99. The summed E-state index contributed by atoms with van der Waals surface area (Å²) in [5.74, 6) is -0.793. The van der Waals surface area contributed by atoms with Crippen LogP contribution in [0.1, 0.15) is 22.8 Å². The Morgan fingerprint density at radius 2 is 2.18 bits per heavy atom. The molecule has 2 rings (SSSR count). The van der Waals surface area contributed by atoms with Crippen LogP contribution >= 0.6 is 0 Å². The van der Waals surface area contributed by atoms with Crippen LogP contribution in [-0.4, -0.2) is 31.3 Å². The second kappa shape index (κ2) is 6.57. The quantitative estimate of drug-likeness (QED) is 0.507. The maximum Gasteiger partial charge on any atom is 0.490 e. The van der Waals surface area contributed by atoms with Crippen LogP contribution in [0.2, 0.25) is 0 Å². The molecule has 0 atom stereocenters. The lowest BCUT2D eigenvalue weighted by atomic mass is 10.1. The molecular formula is C13H14N6O3. The van der Waals surface area contributed by atoms with Gasteiger partial charge in [0.05, 0.1) is 12.3 Å². The first-order valence-corrected chi connectivity index (χ1v) is 6.40. The minimum Gasteiger partial charge on any atom is -0.390 e. The fourth-order valence-electron chi connectivity index (χ4n) is 1.75. The van der Waals surface area contributed by atoms with E-state index >= 15 is 0 Å². The first-order chi connectivity index (χ1) is 10.5. The van der Waals surface area contributed by atoms with Gasteiger partial charge in [0.25, 0.3) is 5.91 Å². The van der Waals surface area contributed by atoms with Crippen LogP contribution in [0.4, 0.5) is 5.95 Å². The summed E-state index contributed by atoms with van der Waals surface area (Å²) < 4.78 is 1.27. The third-order valence-electron chi connectivity index (χ3n) is 2.82. The van der Waals surface area contributed by atoms with E-state index in [0.29, 0.717) is 11.3 Å². The van der Waals surface area contributed by atoms with Gasteiger partial charge in [0, 0.05) is 10.7 Å². The summed E-state index contributed by atoms with van der Waals surface area (Å²) >= 11 is 0. The van der Waals surface area contributed by atoms with Gasteiger partial charge in [0.15, 0.2) is 0 Å². The Kier molecular flexibility index (Phi) is 4.57. The number of hydrazone groups is 1. The minimum atomic E-state index is -0.678. The Bertz CT molecular complexity index is 737. The molecule has 114 valence electrons. The Morgan fingerprint density at radius 1 is 1.45 bits per heavy atom. The molecule has 9 heteroatoms. The van der Waals surface area contributed by atoms with Crippen molar-refractivity contribution in [2.45, 2.75) is 20.4 Å². The van der Waals surface area contributed by atoms with Gasteiger partial charge in [-0.25, -0.2) is 5.43 Å². The highest BCUT2D eigenvalue weighted by Crippen LogP contribution is 2.06. The highest BCUT2D eigenvalue weighted by atomic mass is 16.6. The van der Waals surface area contributed by atoms with Gasteiger partial charge < -0.3 is 10.1 Å². The molecule has 22 heavy (non-hydrogen) atoms. The summed E-state index contributed by atoms with van der Waals surface area (Å²) in [5.41, 5.74) is 4.36. The van der Waals surface area contributed by atoms with E-state index in [1.165, 1.54) is 11.0 Å². The topological polar surface area (TPSA) is 115 Å². The number of benzene rings is 1. The molecule has 0 fully saturated rings. The molecule has 1 aromatic heterocycles. The number of amides is 1. The molecule has 2 aromatic rings. The van der Waals surface area contributed by atoms with Crippen LogP contribution in [0, 0.1) is 17.0 Å². The van der Waals surface area contributed by atoms with Crippen molar-refractivity contribution in [1.82, 2.24) is 20.2 Å². The lowest BCUT2D eigenvalue weighted by Crippen LogP contribution is -2.21. The van der Waals surface area contributed by atoms with E-state index in [9.17, 15) is 14.9 Å². The smallest absolute Gasteiger partial charge is 0.390 e. The molecule has 0 aliphatic rings. The van der Waals surface area contributed by atoms with E-state index < -0.39 is 10.9 Å². The number of nitro groups is 1. The van der Waals surface area contributed by atoms with Crippen molar-refractivity contribution in [2.75, 3.05) is 0 Å². The van der Waals surface area contributed by atoms with Crippen molar-refractivity contribution in [2.24, 2.45) is 5.10 Å². The molecule has 0 bridgehead atoms. The molecule has 0 spiro atoms. The number of carbonyl (C=O) groups is 1. The molecule has 0 aliphatic heterocycles. The van der Waals surface area contributed by atoms with Gasteiger partial charge in [-0.3, -0.25) is 4.79 Å². The molecule has 1 amide bonds. The standard InChI is InChI=1S/C13H14N6O3/c1-9-5-3-4-6-11(9)12(20)16-15-10(2)7-18-8-14-13(17-18)19(21)22/h3-6,8H,7H2,1-2H3,(H,16,20). The number of nitrogens with zero attached hydrogens (tertiary/aromatic N) is 5. The van der Waals surface area contributed by atoms with Gasteiger partial charge in [-0.1, -0.05) is 23.2 Å². The van der Waals surface area contributed by atoms with Crippen LogP contribution in [0.3, 0.4) is 0 Å². The molecule has 1 N–H and O–H groups in total. The number of hydrogen-bond acceptors (Lipinski definition) is 6. The van der Waals surface area contributed by atoms with Crippen molar-refractivity contribution in [3.05, 3.63) is 51.8 Å². The number of aromatic nitrogens is 3. The lowest BCUT2D eigenvalue weighted by molar-refractivity contribution is -0.394. The normalized spacial score (nSPS) is 11.3. The summed E-state index contributed by atoms with van der Waals surface area (Å²) in [6.45, 7) is 3.70. The van der Waals surface area contributed by atoms with Gasteiger partial charge in [-0.15, -0.1) is 0 Å². The number of carbonyl (C=O) groups excluding carboxylic acids is 1. The van der Waals surface area contributed by atoms with E-state index in [2.05, 4.69) is 20.6 Å². The van der Waals surface area contributed by atoms with Gasteiger partial charge in [-0.05, 0) is 30.4 Å². The number of rotatable bonds is 5. The van der Waals surface area contributed by atoms with Crippen LogP contribution in [0.25, 0.3) is 0 Å². The molecule has 0 radical (unpaired) electrons. The fourth-order valence-corrected chi connectivity index (χ4v) is 1.75. The summed E-state index contributed by atoms with van der Waals surface area (Å²) in [5, 5.41) is 18.1. The molecule has 1 aromatic carbocycles. The van der Waals surface area contributed by atoms with E-state index in [1.54, 1.807) is 19.1 Å². The molecule has 9 nitrogen and oxygen atoms in total. The maximum absolute atomic E-state index is 12.0. The minimum absolute atomic E-state index is 0.189. The summed E-state index contributed by atoms with van der Waals surface area (Å²) in [7, 11) is 0.